The number of rotatable bonds is 7. The third kappa shape index (κ3) is 7.47. The van der Waals surface area contributed by atoms with Crippen LogP contribution in [0.15, 0.2) is 255 Å². The van der Waals surface area contributed by atoms with Gasteiger partial charge >= 0.3 is 0 Å². The largest absolute Gasteiger partial charge is 0.458 e. The van der Waals surface area contributed by atoms with Gasteiger partial charge in [0.25, 0.3) is 6.71 Å². The van der Waals surface area contributed by atoms with Gasteiger partial charge in [0.05, 0.1) is 18.0 Å². The van der Waals surface area contributed by atoms with Gasteiger partial charge in [-0.1, -0.05) is 260 Å². The van der Waals surface area contributed by atoms with Crippen LogP contribution >= 0.6 is 0 Å². The minimum absolute atomic E-state index is 0.150. The topological polar surface area (TPSA) is 12.5 Å². The van der Waals surface area contributed by atoms with E-state index in [0.29, 0.717) is 5.56 Å². The van der Waals surface area contributed by atoms with Crippen molar-refractivity contribution in [2.24, 2.45) is 0 Å². The lowest BCUT2D eigenvalue weighted by Crippen LogP contribution is -2.59. The molecule has 0 saturated carbocycles. The molecule has 14 rings (SSSR count). The predicted octanol–water partition coefficient (Wildman–Crippen LogP) is 17.7. The molecule has 0 spiro atoms. The van der Waals surface area contributed by atoms with E-state index in [1.807, 2.05) is 6.07 Å². The minimum Gasteiger partial charge on any atom is -0.458 e. The zero-order valence-corrected chi connectivity index (χ0v) is 44.8. The fourth-order valence-corrected chi connectivity index (χ4v) is 12.9. The van der Waals surface area contributed by atoms with Crippen molar-refractivity contribution in [1.29, 1.82) is 0 Å². The highest BCUT2D eigenvalue weighted by Crippen LogP contribution is 2.59. The van der Waals surface area contributed by atoms with Crippen molar-refractivity contribution in [3.63, 3.8) is 0 Å². The molecular weight excluding hydrogens is 942 g/mol. The highest BCUT2D eigenvalue weighted by molar-refractivity contribution is 6.99. The first kappa shape index (κ1) is 42.2. The van der Waals surface area contributed by atoms with E-state index in [-0.39, 0.29) is 47.3 Å². The number of ether oxygens (including phenoxy) is 1. The number of hydrogen-bond donors (Lipinski definition) is 0. The maximum Gasteiger partial charge on any atom is 0.256 e. The van der Waals surface area contributed by atoms with Crippen LogP contribution in [0.3, 0.4) is 0 Å². The number of benzene rings is 11. The molecule has 2 aliphatic heterocycles. The Kier molecular flexibility index (Phi) is 9.80. The van der Waals surface area contributed by atoms with E-state index in [2.05, 4.69) is 265 Å². The van der Waals surface area contributed by atoms with Crippen molar-refractivity contribution < 1.29 is 11.6 Å². The Morgan fingerprint density at radius 1 is 0.410 bits per heavy atom. The minimum atomic E-state index is -0.645. The molecule has 3 heteroatoms. The van der Waals surface area contributed by atoms with Crippen LogP contribution in [0.2, 0.25) is 0 Å². The van der Waals surface area contributed by atoms with Gasteiger partial charge in [0.2, 0.25) is 0 Å². The molecule has 0 amide bonds. The molecule has 78 heavy (non-hydrogen) atoms. The van der Waals surface area contributed by atoms with E-state index in [4.69, 9.17) is 8.85 Å². The molecule has 374 valence electrons. The van der Waals surface area contributed by atoms with E-state index in [9.17, 15) is 2.74 Å². The Bertz CT molecular complexity index is 4310. The second-order valence-corrected chi connectivity index (χ2v) is 23.2. The molecule has 2 heterocycles. The zero-order valence-electron chi connectivity index (χ0n) is 49.8. The summed E-state index contributed by atoms with van der Waals surface area (Å²) < 4.78 is 52.5. The Labute approximate surface area is 467 Å². The van der Waals surface area contributed by atoms with E-state index in [1.165, 1.54) is 38.9 Å². The lowest BCUT2D eigenvalue weighted by atomic mass is 9.34. The number of hydrogen-bond acceptors (Lipinski definition) is 2. The van der Waals surface area contributed by atoms with E-state index in [1.54, 1.807) is 0 Å². The zero-order chi connectivity index (χ0) is 57.3. The molecule has 0 bridgehead atoms. The van der Waals surface area contributed by atoms with Crippen molar-refractivity contribution in [2.75, 3.05) is 4.90 Å². The summed E-state index contributed by atoms with van der Waals surface area (Å²) in [7, 11) is 0. The highest BCUT2D eigenvalue weighted by atomic mass is 16.5. The van der Waals surface area contributed by atoms with E-state index in [0.717, 1.165) is 83.9 Å². The van der Waals surface area contributed by atoms with Crippen LogP contribution in [0.25, 0.3) is 55.6 Å². The van der Waals surface area contributed by atoms with Gasteiger partial charge in [0.15, 0.2) is 0 Å². The van der Waals surface area contributed by atoms with Gasteiger partial charge in [-0.3, -0.25) is 0 Å². The summed E-state index contributed by atoms with van der Waals surface area (Å²) in [6.45, 7) is 13.1. The lowest BCUT2D eigenvalue weighted by molar-refractivity contribution is 0.483. The molecule has 0 aromatic heterocycles. The van der Waals surface area contributed by atoms with Gasteiger partial charge in [0, 0.05) is 22.5 Å². The van der Waals surface area contributed by atoms with Crippen LogP contribution in [0.1, 0.15) is 81.8 Å². The smallest absolute Gasteiger partial charge is 0.256 e. The highest BCUT2D eigenvalue weighted by Gasteiger charge is 2.49. The monoisotopic (exact) mass is 1010 g/mol. The molecule has 0 saturated heterocycles. The average Bonchev–Trinajstić information content (AvgIpc) is 1.83. The first-order valence-corrected chi connectivity index (χ1v) is 27.2. The van der Waals surface area contributed by atoms with Crippen LogP contribution in [-0.2, 0) is 16.2 Å². The SMILES string of the molecule is [2H]c1c([2H])c([2H])c(-c2ccc3c(c2)N(c2c(-c4ccccc4)cc(C(C)(C)C)cc2-c2ccccc2)c2cc(C(C)(C)C)cc4c2B3c2cc(-c3cccc5c3C(c3ccccc3)(c3ccccc3)c3ccccc3-5)ccc2O4)c([2H])c1[2H]. The number of fused-ring (bicyclic) bond motifs is 7. The summed E-state index contributed by atoms with van der Waals surface area (Å²) in [6, 6.07) is 79.2. The molecule has 2 nitrogen and oxygen atoms in total. The number of nitrogens with zero attached hydrogens (tertiary/aromatic N) is 1. The van der Waals surface area contributed by atoms with Gasteiger partial charge in [0.1, 0.15) is 11.5 Å². The van der Waals surface area contributed by atoms with Crippen LogP contribution in [0.5, 0.6) is 11.5 Å². The van der Waals surface area contributed by atoms with Crippen molar-refractivity contribution in [3.05, 3.63) is 288 Å². The third-order valence-corrected chi connectivity index (χ3v) is 16.6. The average molecular weight is 1010 g/mol. The molecule has 0 N–H and O–H groups in total. The molecular formula is C75H60BNO. The molecule has 0 unspecified atom stereocenters. The summed E-state index contributed by atoms with van der Waals surface area (Å²) in [5, 5.41) is 0. The van der Waals surface area contributed by atoms with E-state index >= 15 is 0 Å². The molecule has 11 aromatic rings. The molecule has 1 aliphatic carbocycles. The van der Waals surface area contributed by atoms with Gasteiger partial charge in [-0.25, -0.2) is 0 Å². The van der Waals surface area contributed by atoms with E-state index < -0.39 is 11.5 Å². The summed E-state index contributed by atoms with van der Waals surface area (Å²) in [5.74, 6) is 1.54. The first-order valence-electron chi connectivity index (χ1n) is 29.7. The van der Waals surface area contributed by atoms with Crippen molar-refractivity contribution >= 4 is 40.2 Å². The fraction of sp³-hybridized carbons (Fsp3) is 0.120. The fourth-order valence-electron chi connectivity index (χ4n) is 12.9. The Morgan fingerprint density at radius 3 is 1.59 bits per heavy atom. The summed E-state index contributed by atoms with van der Waals surface area (Å²) in [6.07, 6.45) is 0. The molecule has 0 fully saturated rings. The van der Waals surface area contributed by atoms with Gasteiger partial charge in [-0.05, 0) is 142 Å². The Morgan fingerprint density at radius 2 is 0.962 bits per heavy atom. The van der Waals surface area contributed by atoms with Crippen molar-refractivity contribution in [3.8, 4) is 67.1 Å². The number of anilines is 3. The normalized spacial score (nSPS) is 14.6. The second kappa shape index (κ2) is 18.1. The summed E-state index contributed by atoms with van der Waals surface area (Å²) in [5.41, 5.74) is 21.1. The van der Waals surface area contributed by atoms with Crippen LogP contribution < -0.4 is 26.0 Å². The van der Waals surface area contributed by atoms with Crippen LogP contribution in [-0.4, -0.2) is 6.71 Å². The summed E-state index contributed by atoms with van der Waals surface area (Å²) in [4.78, 5) is 2.41. The predicted molar refractivity (Wildman–Crippen MR) is 329 cm³/mol. The Balaban J connectivity index is 1.09. The second-order valence-electron chi connectivity index (χ2n) is 23.2. The van der Waals surface area contributed by atoms with Crippen LogP contribution in [0, 0.1) is 0 Å². The standard InChI is InChI=1S/C75H60BNO/c1-73(2,3)56-45-61(50-27-14-8-15-28-50)72(62(46-56)51-29-16-9-17-30-51)77-66-44-52(49-25-12-7-13-26-49)39-41-64(66)76-65-43-53(40-42-68(65)78-69-48-57(74(4,5)6)47-67(77)71(69)76)58-36-24-37-60-59-35-22-23-38-63(59)75(70(58)60,54-31-18-10-19-32-54)55-33-20-11-21-34-55/h7-48H,1-6H3/i7D,12D,13D,25D,26D. The summed E-state index contributed by atoms with van der Waals surface area (Å²) >= 11 is 0. The van der Waals surface area contributed by atoms with Gasteiger partial charge in [-0.2, -0.15) is 0 Å². The quantitative estimate of drug-likeness (QED) is 0.148. The molecule has 0 atom stereocenters. The van der Waals surface area contributed by atoms with Crippen molar-refractivity contribution in [2.45, 2.75) is 57.8 Å². The third-order valence-electron chi connectivity index (χ3n) is 16.6. The molecule has 3 aliphatic rings. The van der Waals surface area contributed by atoms with Gasteiger partial charge < -0.3 is 9.64 Å². The maximum absolute atomic E-state index is 9.36. The lowest BCUT2D eigenvalue weighted by Gasteiger charge is -2.43. The van der Waals surface area contributed by atoms with Crippen LogP contribution in [0.4, 0.5) is 17.1 Å². The first-order chi connectivity index (χ1) is 40.0. The molecule has 0 radical (unpaired) electrons. The maximum atomic E-state index is 9.36. The van der Waals surface area contributed by atoms with Crippen molar-refractivity contribution in [1.82, 2.24) is 0 Å². The molecule has 11 aromatic carbocycles. The Hall–Kier alpha value is -8.92. The van der Waals surface area contributed by atoms with Gasteiger partial charge in [-0.15, -0.1) is 0 Å².